The van der Waals surface area contributed by atoms with E-state index in [4.69, 9.17) is 4.74 Å². The zero-order valence-electron chi connectivity index (χ0n) is 14.1. The van der Waals surface area contributed by atoms with Crippen LogP contribution in [0.4, 0.5) is 5.69 Å². The number of hydrogen-bond acceptors (Lipinski definition) is 3. The summed E-state index contributed by atoms with van der Waals surface area (Å²) in [5.41, 5.74) is 0.924. The highest BCUT2D eigenvalue weighted by Crippen LogP contribution is 2.23. The van der Waals surface area contributed by atoms with Crippen molar-refractivity contribution in [1.29, 1.82) is 0 Å². The van der Waals surface area contributed by atoms with Crippen molar-refractivity contribution in [3.05, 3.63) is 54.6 Å². The van der Waals surface area contributed by atoms with E-state index < -0.39 is 0 Å². The number of carbonyl (C=O) groups is 1. The first kappa shape index (κ1) is 16.4. The van der Waals surface area contributed by atoms with Gasteiger partial charge in [-0.2, -0.15) is 0 Å². The normalized spacial score (nSPS) is 15.6. The van der Waals surface area contributed by atoms with E-state index in [1.165, 1.54) is 6.42 Å². The Labute approximate surface area is 143 Å². The number of piperidine rings is 1. The van der Waals surface area contributed by atoms with Crippen molar-refractivity contribution in [2.75, 3.05) is 18.4 Å². The molecular weight excluding hydrogens is 300 g/mol. The van der Waals surface area contributed by atoms with Crippen LogP contribution in [0.2, 0.25) is 0 Å². The highest BCUT2D eigenvalue weighted by molar-refractivity contribution is 5.84. The van der Waals surface area contributed by atoms with Gasteiger partial charge in [0.15, 0.2) is 0 Å². The third kappa shape index (κ3) is 4.28. The molecular formula is C20H24N2O2. The van der Waals surface area contributed by atoms with Gasteiger partial charge in [-0.05, 0) is 62.6 Å². The van der Waals surface area contributed by atoms with Gasteiger partial charge in [-0.3, -0.25) is 4.79 Å². The van der Waals surface area contributed by atoms with Crippen LogP contribution in [0.15, 0.2) is 54.6 Å². The second-order valence-corrected chi connectivity index (χ2v) is 6.19. The molecule has 0 radical (unpaired) electrons. The molecule has 2 aromatic carbocycles. The van der Waals surface area contributed by atoms with Crippen molar-refractivity contribution in [3.63, 3.8) is 0 Å². The first-order valence-electron chi connectivity index (χ1n) is 8.61. The van der Waals surface area contributed by atoms with Gasteiger partial charge in [-0.1, -0.05) is 18.2 Å². The molecule has 4 heteroatoms. The van der Waals surface area contributed by atoms with E-state index >= 15 is 0 Å². The first-order valence-corrected chi connectivity index (χ1v) is 8.61. The van der Waals surface area contributed by atoms with Crippen molar-refractivity contribution in [2.45, 2.75) is 32.2 Å². The highest BCUT2D eigenvalue weighted by atomic mass is 16.5. The number of amides is 1. The number of likely N-dealkylation sites (tertiary alicyclic amines) is 1. The molecule has 1 aliphatic rings. The van der Waals surface area contributed by atoms with Crippen LogP contribution < -0.4 is 10.1 Å². The minimum Gasteiger partial charge on any atom is -0.457 e. The number of nitrogens with zero attached hydrogens (tertiary/aromatic N) is 1. The van der Waals surface area contributed by atoms with Gasteiger partial charge in [0.2, 0.25) is 5.91 Å². The maximum Gasteiger partial charge on any atom is 0.244 e. The third-order valence-corrected chi connectivity index (χ3v) is 4.25. The van der Waals surface area contributed by atoms with Crippen LogP contribution >= 0.6 is 0 Å². The predicted molar refractivity (Wildman–Crippen MR) is 96.5 cm³/mol. The number of ether oxygens (including phenoxy) is 1. The molecule has 0 spiro atoms. The van der Waals surface area contributed by atoms with Crippen molar-refractivity contribution < 1.29 is 9.53 Å². The second-order valence-electron chi connectivity index (χ2n) is 6.19. The molecule has 1 atom stereocenters. The van der Waals surface area contributed by atoms with E-state index in [2.05, 4.69) is 5.32 Å². The fourth-order valence-corrected chi connectivity index (χ4v) is 2.94. The first-order chi connectivity index (χ1) is 11.7. The minimum absolute atomic E-state index is 0.180. The summed E-state index contributed by atoms with van der Waals surface area (Å²) in [5.74, 6) is 1.77. The van der Waals surface area contributed by atoms with Gasteiger partial charge in [-0.25, -0.2) is 0 Å². The largest absolute Gasteiger partial charge is 0.457 e. The summed E-state index contributed by atoms with van der Waals surface area (Å²) in [5, 5.41) is 3.28. The SMILES string of the molecule is C[C@H](Nc1ccc(Oc2ccccc2)cc1)C(=O)N1CCCCC1. The zero-order chi connectivity index (χ0) is 16.8. The monoisotopic (exact) mass is 324 g/mol. The lowest BCUT2D eigenvalue weighted by atomic mass is 10.1. The molecule has 3 rings (SSSR count). The standard InChI is InChI=1S/C20H24N2O2/c1-16(20(23)22-14-6-3-7-15-22)21-17-10-12-19(13-11-17)24-18-8-4-2-5-9-18/h2,4-5,8-13,16,21H,3,6-7,14-15H2,1H3/t16-/m0/s1. The highest BCUT2D eigenvalue weighted by Gasteiger charge is 2.21. The molecule has 1 saturated heterocycles. The van der Waals surface area contributed by atoms with Crippen molar-refractivity contribution in [2.24, 2.45) is 0 Å². The van der Waals surface area contributed by atoms with Crippen LogP contribution in [0.25, 0.3) is 0 Å². The average molecular weight is 324 g/mol. The second kappa shape index (κ2) is 7.86. The summed E-state index contributed by atoms with van der Waals surface area (Å²) in [6.45, 7) is 3.69. The topological polar surface area (TPSA) is 41.6 Å². The molecule has 0 unspecified atom stereocenters. The Hall–Kier alpha value is -2.49. The summed E-state index contributed by atoms with van der Waals surface area (Å²) in [4.78, 5) is 14.4. The van der Waals surface area contributed by atoms with Gasteiger partial charge in [0.05, 0.1) is 0 Å². The van der Waals surface area contributed by atoms with Gasteiger partial charge in [-0.15, -0.1) is 0 Å². The summed E-state index contributed by atoms with van der Waals surface area (Å²) in [6.07, 6.45) is 3.46. The lowest BCUT2D eigenvalue weighted by molar-refractivity contribution is -0.132. The number of rotatable bonds is 5. The Morgan fingerprint density at radius 3 is 2.25 bits per heavy atom. The van der Waals surface area contributed by atoms with Crippen molar-refractivity contribution >= 4 is 11.6 Å². The molecule has 126 valence electrons. The molecule has 2 aromatic rings. The van der Waals surface area contributed by atoms with Gasteiger partial charge >= 0.3 is 0 Å². The number of para-hydroxylation sites is 1. The van der Waals surface area contributed by atoms with Gasteiger partial charge in [0.1, 0.15) is 17.5 Å². The molecule has 0 bridgehead atoms. The van der Waals surface area contributed by atoms with E-state index in [9.17, 15) is 4.79 Å². The van der Waals surface area contributed by atoms with E-state index in [-0.39, 0.29) is 11.9 Å². The van der Waals surface area contributed by atoms with E-state index in [1.807, 2.05) is 66.4 Å². The molecule has 24 heavy (non-hydrogen) atoms. The molecule has 1 heterocycles. The summed E-state index contributed by atoms with van der Waals surface area (Å²) < 4.78 is 5.78. The van der Waals surface area contributed by atoms with E-state index in [1.54, 1.807) is 0 Å². The Bertz CT molecular complexity index is 649. The molecule has 1 fully saturated rings. The lowest BCUT2D eigenvalue weighted by Crippen LogP contribution is -2.43. The predicted octanol–water partition coefficient (Wildman–Crippen LogP) is 4.29. The number of carbonyl (C=O) groups excluding carboxylic acids is 1. The lowest BCUT2D eigenvalue weighted by Gasteiger charge is -2.29. The van der Waals surface area contributed by atoms with E-state index in [0.29, 0.717) is 0 Å². The fraction of sp³-hybridized carbons (Fsp3) is 0.350. The summed E-state index contributed by atoms with van der Waals surface area (Å²) in [6, 6.07) is 17.2. The van der Waals surface area contributed by atoms with Crippen LogP contribution in [0.3, 0.4) is 0 Å². The smallest absolute Gasteiger partial charge is 0.244 e. The summed E-state index contributed by atoms with van der Waals surface area (Å²) >= 11 is 0. The number of benzene rings is 2. The van der Waals surface area contributed by atoms with Crippen molar-refractivity contribution in [3.8, 4) is 11.5 Å². The molecule has 0 aromatic heterocycles. The Balaban J connectivity index is 1.56. The Morgan fingerprint density at radius 1 is 0.958 bits per heavy atom. The van der Waals surface area contributed by atoms with Crippen LogP contribution in [-0.4, -0.2) is 29.9 Å². The molecule has 4 nitrogen and oxygen atoms in total. The minimum atomic E-state index is -0.219. The van der Waals surface area contributed by atoms with Gasteiger partial charge in [0, 0.05) is 18.8 Å². The maximum atomic E-state index is 12.4. The number of hydrogen-bond donors (Lipinski definition) is 1. The maximum absolute atomic E-state index is 12.4. The van der Waals surface area contributed by atoms with Crippen LogP contribution in [0, 0.1) is 0 Å². The Morgan fingerprint density at radius 2 is 1.58 bits per heavy atom. The van der Waals surface area contributed by atoms with Crippen molar-refractivity contribution in [1.82, 2.24) is 4.90 Å². The van der Waals surface area contributed by atoms with Gasteiger partial charge in [0.25, 0.3) is 0 Å². The summed E-state index contributed by atoms with van der Waals surface area (Å²) in [7, 11) is 0. The number of anilines is 1. The Kier molecular flexibility index (Phi) is 5.36. The van der Waals surface area contributed by atoms with Crippen LogP contribution in [0.1, 0.15) is 26.2 Å². The number of nitrogens with one attached hydrogen (secondary N) is 1. The fourth-order valence-electron chi connectivity index (χ4n) is 2.94. The van der Waals surface area contributed by atoms with Crippen LogP contribution in [0.5, 0.6) is 11.5 Å². The van der Waals surface area contributed by atoms with Crippen LogP contribution in [-0.2, 0) is 4.79 Å². The molecule has 1 amide bonds. The van der Waals surface area contributed by atoms with E-state index in [0.717, 1.165) is 43.1 Å². The molecule has 1 aliphatic heterocycles. The van der Waals surface area contributed by atoms with Gasteiger partial charge < -0.3 is 15.0 Å². The molecule has 1 N–H and O–H groups in total. The molecule has 0 aliphatic carbocycles. The zero-order valence-corrected chi connectivity index (χ0v) is 14.1. The quantitative estimate of drug-likeness (QED) is 0.892. The molecule has 0 saturated carbocycles. The third-order valence-electron chi connectivity index (χ3n) is 4.25. The average Bonchev–Trinajstić information content (AvgIpc) is 2.64.